The molecular weight excluding hydrogens is 333 g/mol. The van der Waals surface area contributed by atoms with Crippen molar-refractivity contribution in [1.29, 1.82) is 0 Å². The Hall–Kier alpha value is -2.18. The van der Waals surface area contributed by atoms with E-state index < -0.39 is 11.7 Å². The lowest BCUT2D eigenvalue weighted by Crippen LogP contribution is -2.14. The van der Waals surface area contributed by atoms with Crippen LogP contribution in [-0.2, 0) is 0 Å². The quantitative estimate of drug-likeness (QED) is 0.634. The smallest absolute Gasteiger partial charge is 0.260 e. The van der Waals surface area contributed by atoms with Crippen LogP contribution in [0.1, 0.15) is 29.6 Å². The maximum atomic E-state index is 13.7. The molecule has 3 N–H and O–H groups in total. The maximum absolute atomic E-state index is 13.7. The molecular formula is C17H19ClFN3O2. The van der Waals surface area contributed by atoms with Gasteiger partial charge in [0.15, 0.2) is 0 Å². The third kappa shape index (κ3) is 5.18. The number of carbonyl (C=O) groups excluding carboxylic acids is 1. The van der Waals surface area contributed by atoms with Crippen LogP contribution < -0.4 is 10.6 Å². The van der Waals surface area contributed by atoms with E-state index >= 15 is 0 Å². The second-order valence-electron chi connectivity index (χ2n) is 5.19. The fourth-order valence-corrected chi connectivity index (χ4v) is 2.36. The number of rotatable bonds is 8. The summed E-state index contributed by atoms with van der Waals surface area (Å²) >= 11 is 5.87. The SMILES string of the molecule is O=C(Nc1ccc(NCCCCCO)nc1)c1c(F)cccc1Cl. The summed E-state index contributed by atoms with van der Waals surface area (Å²) in [6, 6.07) is 7.49. The molecule has 7 heteroatoms. The third-order valence-electron chi connectivity index (χ3n) is 3.35. The van der Waals surface area contributed by atoms with Crippen LogP contribution in [0.3, 0.4) is 0 Å². The number of anilines is 2. The van der Waals surface area contributed by atoms with E-state index in [1.807, 2.05) is 0 Å². The van der Waals surface area contributed by atoms with E-state index in [1.165, 1.54) is 24.4 Å². The maximum Gasteiger partial charge on any atom is 0.260 e. The first-order valence-electron chi connectivity index (χ1n) is 7.68. The van der Waals surface area contributed by atoms with E-state index in [0.29, 0.717) is 11.5 Å². The highest BCUT2D eigenvalue weighted by Crippen LogP contribution is 2.20. The van der Waals surface area contributed by atoms with E-state index in [1.54, 1.807) is 12.1 Å². The van der Waals surface area contributed by atoms with Crippen LogP contribution in [-0.4, -0.2) is 29.1 Å². The van der Waals surface area contributed by atoms with Crippen LogP contribution in [0.4, 0.5) is 15.9 Å². The van der Waals surface area contributed by atoms with Crippen molar-refractivity contribution in [2.75, 3.05) is 23.8 Å². The van der Waals surface area contributed by atoms with Gasteiger partial charge < -0.3 is 15.7 Å². The summed E-state index contributed by atoms with van der Waals surface area (Å²) in [4.78, 5) is 16.3. The average Bonchev–Trinajstić information content (AvgIpc) is 2.56. The van der Waals surface area contributed by atoms with Crippen molar-refractivity contribution < 1.29 is 14.3 Å². The number of amides is 1. The van der Waals surface area contributed by atoms with Crippen LogP contribution in [0.2, 0.25) is 5.02 Å². The predicted octanol–water partition coefficient (Wildman–Crippen LogP) is 3.70. The van der Waals surface area contributed by atoms with E-state index in [-0.39, 0.29) is 17.2 Å². The van der Waals surface area contributed by atoms with Crippen LogP contribution in [0.15, 0.2) is 36.5 Å². The molecule has 0 radical (unpaired) electrons. The first kappa shape index (κ1) is 18.2. The van der Waals surface area contributed by atoms with Crippen LogP contribution in [0.5, 0.6) is 0 Å². The Morgan fingerprint density at radius 1 is 1.21 bits per heavy atom. The van der Waals surface area contributed by atoms with Gasteiger partial charge in [0.2, 0.25) is 0 Å². The van der Waals surface area contributed by atoms with E-state index in [0.717, 1.165) is 25.8 Å². The third-order valence-corrected chi connectivity index (χ3v) is 3.67. The molecule has 0 aliphatic carbocycles. The molecule has 1 aromatic carbocycles. The van der Waals surface area contributed by atoms with Gasteiger partial charge in [0.1, 0.15) is 11.6 Å². The van der Waals surface area contributed by atoms with Crippen molar-refractivity contribution in [3.8, 4) is 0 Å². The summed E-state index contributed by atoms with van der Waals surface area (Å²) < 4.78 is 13.7. The zero-order chi connectivity index (χ0) is 17.4. The lowest BCUT2D eigenvalue weighted by molar-refractivity contribution is 0.102. The van der Waals surface area contributed by atoms with Gasteiger partial charge in [0.25, 0.3) is 5.91 Å². The Morgan fingerprint density at radius 3 is 2.71 bits per heavy atom. The van der Waals surface area contributed by atoms with Crippen molar-refractivity contribution in [3.63, 3.8) is 0 Å². The topological polar surface area (TPSA) is 74.2 Å². The van der Waals surface area contributed by atoms with Crippen molar-refractivity contribution in [2.24, 2.45) is 0 Å². The molecule has 0 saturated heterocycles. The standard InChI is InChI=1S/C17H19ClFN3O2/c18-13-5-4-6-14(19)16(13)17(24)22-12-7-8-15(21-11-12)20-9-2-1-3-10-23/h4-8,11,23H,1-3,9-10H2,(H,20,21)(H,22,24). The lowest BCUT2D eigenvalue weighted by atomic mass is 10.2. The number of aromatic nitrogens is 1. The molecule has 0 aliphatic heterocycles. The van der Waals surface area contributed by atoms with Gasteiger partial charge in [0.05, 0.1) is 22.5 Å². The molecule has 0 aliphatic rings. The summed E-state index contributed by atoms with van der Waals surface area (Å²) in [5, 5.41) is 14.5. The number of benzene rings is 1. The van der Waals surface area contributed by atoms with Gasteiger partial charge >= 0.3 is 0 Å². The molecule has 0 atom stereocenters. The molecule has 0 spiro atoms. The summed E-state index contributed by atoms with van der Waals surface area (Å²) in [6.07, 6.45) is 4.16. The van der Waals surface area contributed by atoms with Crippen LogP contribution in [0, 0.1) is 5.82 Å². The Morgan fingerprint density at radius 2 is 2.04 bits per heavy atom. The molecule has 0 bridgehead atoms. The van der Waals surface area contributed by atoms with E-state index in [2.05, 4.69) is 15.6 Å². The van der Waals surface area contributed by atoms with Gasteiger partial charge in [0, 0.05) is 13.2 Å². The van der Waals surface area contributed by atoms with Crippen molar-refractivity contribution in [1.82, 2.24) is 4.98 Å². The molecule has 2 aromatic rings. The van der Waals surface area contributed by atoms with Gasteiger partial charge in [-0.05, 0) is 43.5 Å². The minimum absolute atomic E-state index is 0.0571. The fourth-order valence-electron chi connectivity index (χ4n) is 2.11. The van der Waals surface area contributed by atoms with E-state index in [4.69, 9.17) is 16.7 Å². The number of aliphatic hydroxyl groups is 1. The zero-order valence-corrected chi connectivity index (χ0v) is 13.8. The normalized spacial score (nSPS) is 10.5. The summed E-state index contributed by atoms with van der Waals surface area (Å²) in [5.74, 6) is -0.611. The zero-order valence-electron chi connectivity index (χ0n) is 13.1. The largest absolute Gasteiger partial charge is 0.396 e. The minimum atomic E-state index is -0.672. The Balaban J connectivity index is 1.90. The molecule has 0 unspecified atom stereocenters. The van der Waals surface area contributed by atoms with Gasteiger partial charge in [-0.3, -0.25) is 4.79 Å². The molecule has 0 fully saturated rings. The second kappa shape index (κ2) is 9.20. The fraction of sp³-hybridized carbons (Fsp3) is 0.294. The first-order chi connectivity index (χ1) is 11.6. The number of hydrogen-bond acceptors (Lipinski definition) is 4. The Bertz CT molecular complexity index is 660. The van der Waals surface area contributed by atoms with Crippen LogP contribution in [0.25, 0.3) is 0 Å². The number of pyridine rings is 1. The first-order valence-corrected chi connectivity index (χ1v) is 8.06. The highest BCUT2D eigenvalue weighted by Gasteiger charge is 2.15. The number of unbranched alkanes of at least 4 members (excludes halogenated alkanes) is 2. The number of carbonyl (C=O) groups is 1. The monoisotopic (exact) mass is 351 g/mol. The molecule has 1 heterocycles. The summed E-state index contributed by atoms with van der Waals surface area (Å²) in [5.41, 5.74) is 0.260. The van der Waals surface area contributed by atoms with Crippen molar-refractivity contribution in [3.05, 3.63) is 52.9 Å². The highest BCUT2D eigenvalue weighted by atomic mass is 35.5. The summed E-state index contributed by atoms with van der Waals surface area (Å²) in [6.45, 7) is 0.961. The van der Waals surface area contributed by atoms with Crippen LogP contribution >= 0.6 is 11.6 Å². The van der Waals surface area contributed by atoms with Gasteiger partial charge in [-0.15, -0.1) is 0 Å². The molecule has 0 saturated carbocycles. The predicted molar refractivity (Wildman–Crippen MR) is 93.0 cm³/mol. The number of aliphatic hydroxyl groups excluding tert-OH is 1. The summed E-state index contributed by atoms with van der Waals surface area (Å²) in [7, 11) is 0. The Kier molecular flexibility index (Phi) is 6.96. The molecule has 24 heavy (non-hydrogen) atoms. The number of halogens is 2. The van der Waals surface area contributed by atoms with Crippen molar-refractivity contribution >= 4 is 29.0 Å². The molecule has 1 amide bonds. The number of nitrogens with one attached hydrogen (secondary N) is 2. The van der Waals surface area contributed by atoms with Crippen molar-refractivity contribution in [2.45, 2.75) is 19.3 Å². The number of hydrogen-bond donors (Lipinski definition) is 3. The number of nitrogens with zero attached hydrogens (tertiary/aromatic N) is 1. The second-order valence-corrected chi connectivity index (χ2v) is 5.60. The van der Waals surface area contributed by atoms with Gasteiger partial charge in [-0.25, -0.2) is 9.37 Å². The highest BCUT2D eigenvalue weighted by molar-refractivity contribution is 6.34. The van der Waals surface area contributed by atoms with Gasteiger partial charge in [-0.1, -0.05) is 17.7 Å². The minimum Gasteiger partial charge on any atom is -0.396 e. The average molecular weight is 352 g/mol. The molecule has 128 valence electrons. The lowest BCUT2D eigenvalue weighted by Gasteiger charge is -2.09. The molecule has 1 aromatic heterocycles. The molecule has 2 rings (SSSR count). The Labute approximate surface area is 144 Å². The van der Waals surface area contributed by atoms with Gasteiger partial charge in [-0.2, -0.15) is 0 Å². The van der Waals surface area contributed by atoms with E-state index in [9.17, 15) is 9.18 Å². The molecule has 5 nitrogen and oxygen atoms in total.